The van der Waals surface area contributed by atoms with E-state index in [4.69, 9.17) is 26.8 Å². The minimum absolute atomic E-state index is 0.0279. The number of rotatable bonds is 9. The lowest BCUT2D eigenvalue weighted by atomic mass is 9.92. The molecule has 1 saturated heterocycles. The van der Waals surface area contributed by atoms with Crippen molar-refractivity contribution in [3.63, 3.8) is 0 Å². The van der Waals surface area contributed by atoms with Crippen LogP contribution in [0, 0.1) is 11.3 Å². The first-order valence-electron chi connectivity index (χ1n) is 12.4. The second-order valence-corrected chi connectivity index (χ2v) is 9.82. The molecule has 5 N–H and O–H groups in total. The Kier molecular flexibility index (Phi) is 7.76. The number of aromatic nitrogens is 4. The number of carboxylic acid groups (broad SMARTS) is 2. The predicted octanol–water partition coefficient (Wildman–Crippen LogP) is 2.36. The van der Waals surface area contributed by atoms with Gasteiger partial charge in [-0.25, -0.2) is 19.0 Å². The number of halogens is 2. The molecule has 2 aromatic heterocycles. The molecule has 0 saturated carbocycles. The summed E-state index contributed by atoms with van der Waals surface area (Å²) in [5.41, 5.74) is 5.17. The highest BCUT2D eigenvalue weighted by molar-refractivity contribution is 6.28. The van der Waals surface area contributed by atoms with Crippen molar-refractivity contribution >= 4 is 40.5 Å². The number of alkyl halides is 1. The minimum atomic E-state index is -2.80. The lowest BCUT2D eigenvalue weighted by Gasteiger charge is -2.27. The van der Waals surface area contributed by atoms with Crippen LogP contribution in [0.25, 0.3) is 22.3 Å². The van der Waals surface area contributed by atoms with E-state index in [1.165, 1.54) is 12.1 Å². The van der Waals surface area contributed by atoms with E-state index in [1.54, 1.807) is 36.4 Å². The van der Waals surface area contributed by atoms with E-state index in [0.29, 0.717) is 22.3 Å². The molecule has 1 fully saturated rings. The second kappa shape index (κ2) is 11.3. The standard InChI is InChI=1S/C27H22ClFN6O7/c28-26-33-21(31)19-22(34-26)35(12-32-19)23-18(29)20(36)17(42-23)11-41-27(24(37)38,25(39)40)9-13-5-7-14(8-6-13)16-4-2-1-3-15(16)10-30/h1-8,12,17-18,20,23,36H,9,11H2,(H,37,38)(H,39,40)(H2,31,33,34)/t17-,18+,20-,23?/m1/s1. The van der Waals surface area contributed by atoms with Crippen molar-refractivity contribution in [1.82, 2.24) is 19.5 Å². The van der Waals surface area contributed by atoms with Gasteiger partial charge in [0.15, 0.2) is 23.9 Å². The molecule has 4 atom stereocenters. The normalized spacial score (nSPS) is 20.4. The molecule has 4 aromatic rings. The molecule has 1 aliphatic rings. The first-order chi connectivity index (χ1) is 20.1. The lowest BCUT2D eigenvalue weighted by Crippen LogP contribution is -2.52. The van der Waals surface area contributed by atoms with E-state index in [2.05, 4.69) is 21.0 Å². The van der Waals surface area contributed by atoms with E-state index >= 15 is 4.39 Å². The van der Waals surface area contributed by atoms with Crippen LogP contribution in [-0.4, -0.2) is 77.4 Å². The summed E-state index contributed by atoms with van der Waals surface area (Å²) in [5, 5.41) is 39.6. The fourth-order valence-electron chi connectivity index (χ4n) is 4.73. The van der Waals surface area contributed by atoms with Crippen LogP contribution in [-0.2, 0) is 25.5 Å². The zero-order valence-electron chi connectivity index (χ0n) is 21.5. The molecule has 0 bridgehead atoms. The molecule has 3 heterocycles. The van der Waals surface area contributed by atoms with Gasteiger partial charge in [0.2, 0.25) is 5.28 Å². The fraction of sp³-hybridized carbons (Fsp3) is 0.259. The van der Waals surface area contributed by atoms with Crippen LogP contribution < -0.4 is 5.73 Å². The van der Waals surface area contributed by atoms with Gasteiger partial charge in [-0.15, -0.1) is 0 Å². The summed E-state index contributed by atoms with van der Waals surface area (Å²) in [6, 6.07) is 15.3. The van der Waals surface area contributed by atoms with Crippen LogP contribution in [0.15, 0.2) is 54.9 Å². The third kappa shape index (κ3) is 5.10. The molecule has 0 radical (unpaired) electrons. The molecule has 15 heteroatoms. The third-order valence-corrected chi connectivity index (χ3v) is 7.11. The number of benzene rings is 2. The maximum Gasteiger partial charge on any atom is 0.348 e. The Morgan fingerprint density at radius 2 is 1.86 bits per heavy atom. The number of aliphatic hydroxyl groups is 1. The molecule has 0 aliphatic carbocycles. The number of nitrogens with two attached hydrogens (primary N) is 1. The average Bonchev–Trinajstić information content (AvgIpc) is 3.51. The third-order valence-electron chi connectivity index (χ3n) is 6.94. The lowest BCUT2D eigenvalue weighted by molar-refractivity contribution is -0.190. The van der Waals surface area contributed by atoms with E-state index in [-0.39, 0.29) is 22.3 Å². The summed E-state index contributed by atoms with van der Waals surface area (Å²) in [6.45, 7) is -0.783. The molecule has 216 valence electrons. The first kappa shape index (κ1) is 28.8. The SMILES string of the molecule is N#Cc1ccccc1-c1ccc(CC(OC[C@H]2OC(n3cnc4c(N)nc(Cl)nc43)[C@@H](F)[C@@H]2O)(C(=O)O)C(=O)O)cc1. The number of aliphatic hydroxyl groups excluding tert-OH is 1. The van der Waals surface area contributed by atoms with Gasteiger partial charge >= 0.3 is 11.9 Å². The van der Waals surface area contributed by atoms with Gasteiger partial charge in [-0.05, 0) is 34.4 Å². The Balaban J connectivity index is 1.36. The zero-order valence-corrected chi connectivity index (χ0v) is 22.2. The monoisotopic (exact) mass is 596 g/mol. The Labute approximate surface area is 241 Å². The van der Waals surface area contributed by atoms with Crippen molar-refractivity contribution in [2.75, 3.05) is 12.3 Å². The number of nitrogen functional groups attached to an aromatic ring is 1. The quantitative estimate of drug-likeness (QED) is 0.162. The number of nitriles is 1. The Bertz CT molecular complexity index is 1700. The number of nitrogens with zero attached hydrogens (tertiary/aromatic N) is 5. The van der Waals surface area contributed by atoms with Gasteiger partial charge in [0, 0.05) is 6.42 Å². The maximum atomic E-state index is 15.2. The summed E-state index contributed by atoms with van der Waals surface area (Å²) in [4.78, 5) is 36.3. The van der Waals surface area contributed by atoms with Crippen molar-refractivity contribution in [3.05, 3.63) is 71.3 Å². The number of aliphatic carboxylic acids is 2. The highest BCUT2D eigenvalue weighted by Gasteiger charge is 2.52. The highest BCUT2D eigenvalue weighted by Crippen LogP contribution is 2.35. The number of carboxylic acids is 2. The summed E-state index contributed by atoms with van der Waals surface area (Å²) < 4.78 is 27.4. The molecule has 13 nitrogen and oxygen atoms in total. The number of ether oxygens (including phenoxy) is 2. The van der Waals surface area contributed by atoms with Crippen LogP contribution in [0.3, 0.4) is 0 Å². The summed E-state index contributed by atoms with van der Waals surface area (Å²) >= 11 is 5.86. The zero-order chi connectivity index (χ0) is 30.2. The number of anilines is 1. The van der Waals surface area contributed by atoms with Crippen molar-refractivity contribution in [1.29, 1.82) is 5.26 Å². The maximum absolute atomic E-state index is 15.2. The molecular weight excluding hydrogens is 575 g/mol. The summed E-state index contributed by atoms with van der Waals surface area (Å²) in [5.74, 6) is -3.68. The largest absolute Gasteiger partial charge is 0.479 e. The van der Waals surface area contributed by atoms with Crippen LogP contribution in [0.1, 0.15) is 17.4 Å². The van der Waals surface area contributed by atoms with Gasteiger partial charge < -0.3 is 30.5 Å². The number of imidazole rings is 1. The summed E-state index contributed by atoms with van der Waals surface area (Å²) in [6.07, 6.45) is -6.27. The van der Waals surface area contributed by atoms with Crippen LogP contribution in [0.5, 0.6) is 0 Å². The van der Waals surface area contributed by atoms with Gasteiger partial charge in [-0.1, -0.05) is 42.5 Å². The number of carbonyl (C=O) groups is 2. The highest BCUT2D eigenvalue weighted by atomic mass is 35.5. The summed E-state index contributed by atoms with van der Waals surface area (Å²) in [7, 11) is 0. The number of fused-ring (bicyclic) bond motifs is 1. The fourth-order valence-corrected chi connectivity index (χ4v) is 4.90. The van der Waals surface area contributed by atoms with E-state index in [9.17, 15) is 30.2 Å². The van der Waals surface area contributed by atoms with Crippen molar-refractivity contribution in [2.24, 2.45) is 0 Å². The molecule has 2 aromatic carbocycles. The Hall–Kier alpha value is -4.68. The predicted molar refractivity (Wildman–Crippen MR) is 144 cm³/mol. The molecule has 5 rings (SSSR count). The van der Waals surface area contributed by atoms with Gasteiger partial charge in [-0.2, -0.15) is 15.2 Å². The van der Waals surface area contributed by atoms with Crippen molar-refractivity contribution in [3.8, 4) is 17.2 Å². The minimum Gasteiger partial charge on any atom is -0.479 e. The van der Waals surface area contributed by atoms with Crippen molar-refractivity contribution < 1.29 is 38.8 Å². The molecule has 0 amide bonds. The number of hydrogen-bond donors (Lipinski definition) is 4. The van der Waals surface area contributed by atoms with Crippen LogP contribution in [0.4, 0.5) is 10.2 Å². The molecule has 1 aliphatic heterocycles. The van der Waals surface area contributed by atoms with Crippen molar-refractivity contribution in [2.45, 2.75) is 36.6 Å². The molecule has 42 heavy (non-hydrogen) atoms. The Morgan fingerprint density at radius 1 is 1.17 bits per heavy atom. The van der Waals surface area contributed by atoms with Crippen LogP contribution in [0.2, 0.25) is 5.28 Å². The van der Waals surface area contributed by atoms with Gasteiger partial charge in [0.05, 0.1) is 24.6 Å². The second-order valence-electron chi connectivity index (χ2n) is 9.48. The molecule has 0 spiro atoms. The molecular formula is C27H22ClFN6O7. The molecule has 1 unspecified atom stereocenters. The average molecular weight is 597 g/mol. The van der Waals surface area contributed by atoms with Gasteiger partial charge in [-0.3, -0.25) is 4.57 Å². The van der Waals surface area contributed by atoms with Gasteiger partial charge in [0.1, 0.15) is 17.7 Å². The number of hydrogen-bond acceptors (Lipinski definition) is 10. The van der Waals surface area contributed by atoms with Gasteiger partial charge in [0.25, 0.3) is 5.60 Å². The van der Waals surface area contributed by atoms with E-state index in [0.717, 1.165) is 10.9 Å². The topological polar surface area (TPSA) is 207 Å². The van der Waals surface area contributed by atoms with E-state index < -0.39 is 55.2 Å². The smallest absolute Gasteiger partial charge is 0.348 e. The van der Waals surface area contributed by atoms with Crippen LogP contribution >= 0.6 is 11.6 Å². The van der Waals surface area contributed by atoms with E-state index in [1.807, 2.05) is 0 Å². The Morgan fingerprint density at radius 3 is 2.52 bits per heavy atom. The first-order valence-corrected chi connectivity index (χ1v) is 12.8.